The highest BCUT2D eigenvalue weighted by molar-refractivity contribution is 5.89. The van der Waals surface area contributed by atoms with Gasteiger partial charge in [-0.05, 0) is 13.0 Å². The fourth-order valence-electron chi connectivity index (χ4n) is 1.11. The Morgan fingerprint density at radius 3 is 2.29 bits per heavy atom. The Morgan fingerprint density at radius 1 is 1.29 bits per heavy atom. The van der Waals surface area contributed by atoms with Gasteiger partial charge in [0.15, 0.2) is 0 Å². The fourth-order valence-corrected chi connectivity index (χ4v) is 1.11. The highest BCUT2D eigenvalue weighted by Gasteiger charge is 2.31. The van der Waals surface area contributed by atoms with Gasteiger partial charge in [-0.3, -0.25) is 4.79 Å². The second-order valence-corrected chi connectivity index (χ2v) is 3.40. The smallest absolute Gasteiger partial charge is 0.244 e. The molecule has 0 fully saturated rings. The Morgan fingerprint density at radius 2 is 1.88 bits per heavy atom. The molecule has 0 aromatic heterocycles. The topological polar surface area (TPSA) is 127 Å². The van der Waals surface area contributed by atoms with Crippen LogP contribution in [0.2, 0.25) is 0 Å². The summed E-state index contributed by atoms with van der Waals surface area (Å²) in [5.41, 5.74) is 0. The number of allylic oxidation sites excluding steroid dienone is 1. The molecular weight excluding hydrogens is 230 g/mol. The molecule has 0 aliphatic rings. The van der Waals surface area contributed by atoms with Crippen molar-refractivity contribution in [3.63, 3.8) is 0 Å². The van der Waals surface area contributed by atoms with E-state index in [1.807, 2.05) is 0 Å². The van der Waals surface area contributed by atoms with Gasteiger partial charge in [0.25, 0.3) is 0 Å². The first kappa shape index (κ1) is 15.7. The second-order valence-electron chi connectivity index (χ2n) is 3.40. The molecule has 0 aromatic carbocycles. The third kappa shape index (κ3) is 5.05. The number of rotatable bonds is 7. The summed E-state index contributed by atoms with van der Waals surface area (Å²) in [5, 5.41) is 38.6. The number of carbonyl (C=O) groups is 2. The van der Waals surface area contributed by atoms with Crippen molar-refractivity contribution in [3.05, 3.63) is 12.2 Å². The van der Waals surface area contributed by atoms with E-state index in [-0.39, 0.29) is 6.29 Å². The van der Waals surface area contributed by atoms with Crippen molar-refractivity contribution < 1.29 is 30.0 Å². The third-order valence-corrected chi connectivity index (χ3v) is 2.07. The van der Waals surface area contributed by atoms with Crippen molar-refractivity contribution in [3.8, 4) is 0 Å². The molecule has 1 amide bonds. The number of hydrogen-bond donors (Lipinski definition) is 5. The van der Waals surface area contributed by atoms with Crippen LogP contribution in [-0.2, 0) is 9.59 Å². The van der Waals surface area contributed by atoms with Crippen LogP contribution in [0.1, 0.15) is 6.92 Å². The van der Waals surface area contributed by atoms with Crippen LogP contribution in [0.15, 0.2) is 12.2 Å². The molecule has 0 heterocycles. The van der Waals surface area contributed by atoms with Gasteiger partial charge in [0.2, 0.25) is 5.91 Å². The minimum absolute atomic E-state index is 0.235. The molecule has 0 unspecified atom stereocenters. The summed E-state index contributed by atoms with van der Waals surface area (Å²) in [6, 6.07) is -1.37. The largest absolute Gasteiger partial charge is 0.394 e. The van der Waals surface area contributed by atoms with Gasteiger partial charge < -0.3 is 30.5 Å². The Hall–Kier alpha value is -1.28. The van der Waals surface area contributed by atoms with Crippen LogP contribution >= 0.6 is 0 Å². The molecule has 0 aliphatic heterocycles. The summed E-state index contributed by atoms with van der Waals surface area (Å²) < 4.78 is 0. The molecule has 0 spiro atoms. The second kappa shape index (κ2) is 7.91. The van der Waals surface area contributed by atoms with Crippen LogP contribution in [0, 0.1) is 0 Å². The maximum Gasteiger partial charge on any atom is 0.244 e. The fraction of sp³-hybridized carbons (Fsp3) is 0.600. The summed E-state index contributed by atoms with van der Waals surface area (Å²) >= 11 is 0. The lowest BCUT2D eigenvalue weighted by molar-refractivity contribution is -0.128. The van der Waals surface area contributed by atoms with Gasteiger partial charge in [0.05, 0.1) is 6.61 Å². The molecule has 0 rings (SSSR count). The lowest BCUT2D eigenvalue weighted by Crippen LogP contribution is -2.53. The van der Waals surface area contributed by atoms with Gasteiger partial charge in [-0.2, -0.15) is 0 Å². The minimum Gasteiger partial charge on any atom is -0.394 e. The molecule has 0 bridgehead atoms. The van der Waals surface area contributed by atoms with E-state index >= 15 is 0 Å². The Balaban J connectivity index is 4.54. The first-order valence-corrected chi connectivity index (χ1v) is 5.01. The minimum atomic E-state index is -1.74. The molecule has 0 saturated heterocycles. The van der Waals surface area contributed by atoms with E-state index in [1.165, 1.54) is 6.08 Å². The van der Waals surface area contributed by atoms with Crippen molar-refractivity contribution in [2.75, 3.05) is 6.61 Å². The molecule has 5 N–H and O–H groups in total. The van der Waals surface area contributed by atoms with Gasteiger partial charge >= 0.3 is 0 Å². The Kier molecular flexibility index (Phi) is 7.31. The molecule has 0 aliphatic carbocycles. The van der Waals surface area contributed by atoms with Crippen LogP contribution in [0.4, 0.5) is 0 Å². The zero-order chi connectivity index (χ0) is 13.4. The number of carbonyl (C=O) groups excluding carboxylic acids is 2. The predicted octanol–water partition coefficient (Wildman–Crippen LogP) is -2.68. The van der Waals surface area contributed by atoms with Crippen LogP contribution in [0.25, 0.3) is 0 Å². The average Bonchev–Trinajstić information content (AvgIpc) is 2.33. The third-order valence-electron chi connectivity index (χ3n) is 2.07. The molecule has 0 aromatic rings. The Bertz CT molecular complexity index is 280. The highest BCUT2D eigenvalue weighted by Crippen LogP contribution is 2.03. The molecule has 98 valence electrons. The van der Waals surface area contributed by atoms with Crippen molar-refractivity contribution in [1.82, 2.24) is 5.32 Å². The number of aliphatic hydroxyl groups excluding tert-OH is 4. The number of hydrogen-bond acceptors (Lipinski definition) is 6. The molecule has 7 nitrogen and oxygen atoms in total. The first-order valence-electron chi connectivity index (χ1n) is 5.01. The van der Waals surface area contributed by atoms with Crippen LogP contribution in [0.5, 0.6) is 0 Å². The van der Waals surface area contributed by atoms with E-state index < -0.39 is 36.9 Å². The molecule has 7 heteroatoms. The summed E-state index contributed by atoms with van der Waals surface area (Å²) in [7, 11) is 0. The van der Waals surface area contributed by atoms with Crippen LogP contribution in [0.3, 0.4) is 0 Å². The van der Waals surface area contributed by atoms with E-state index in [0.717, 1.165) is 6.08 Å². The molecule has 0 saturated carbocycles. The zero-order valence-corrected chi connectivity index (χ0v) is 9.35. The maximum atomic E-state index is 11.1. The van der Waals surface area contributed by atoms with Crippen molar-refractivity contribution in [2.24, 2.45) is 0 Å². The highest BCUT2D eigenvalue weighted by atomic mass is 16.4. The van der Waals surface area contributed by atoms with E-state index in [0.29, 0.717) is 0 Å². The van der Waals surface area contributed by atoms with E-state index in [4.69, 9.17) is 10.2 Å². The first-order chi connectivity index (χ1) is 7.97. The maximum absolute atomic E-state index is 11.1. The van der Waals surface area contributed by atoms with Gasteiger partial charge in [0, 0.05) is 0 Å². The summed E-state index contributed by atoms with van der Waals surface area (Å²) in [5.74, 6) is -0.616. The van der Waals surface area contributed by atoms with E-state index in [2.05, 4.69) is 5.32 Å². The summed E-state index contributed by atoms with van der Waals surface area (Å²) in [4.78, 5) is 21.8. The predicted molar refractivity (Wildman–Crippen MR) is 57.9 cm³/mol. The zero-order valence-electron chi connectivity index (χ0n) is 9.35. The normalized spacial score (nSPS) is 18.4. The van der Waals surface area contributed by atoms with Gasteiger partial charge in [-0.1, -0.05) is 6.08 Å². The summed E-state index contributed by atoms with van der Waals surface area (Å²) in [6.07, 6.45) is -2.23. The molecular formula is C10H17NO6. The average molecular weight is 247 g/mol. The van der Waals surface area contributed by atoms with Crippen LogP contribution in [-0.4, -0.2) is 63.6 Å². The van der Waals surface area contributed by atoms with E-state index in [1.54, 1.807) is 6.92 Å². The van der Waals surface area contributed by atoms with E-state index in [9.17, 15) is 19.8 Å². The number of nitrogens with one attached hydrogen (secondary N) is 1. The Labute approximate surface area is 98.4 Å². The molecule has 0 radical (unpaired) electrons. The van der Waals surface area contributed by atoms with Crippen molar-refractivity contribution in [1.29, 1.82) is 0 Å². The van der Waals surface area contributed by atoms with Crippen LogP contribution < -0.4 is 5.32 Å². The SMILES string of the molecule is C/C=C/C(=O)N[C@@H](C=O)[C@@H](O)[C@@H](O)[C@H](O)CO. The standard InChI is InChI=1S/C10H17NO6/c1-2-3-8(15)11-6(4-12)9(16)10(17)7(14)5-13/h2-4,6-7,9-10,13-14,16-17H,5H2,1H3,(H,11,15)/b3-2+/t6-,7+,9+,10-/m0/s1. The number of aldehydes is 1. The molecule has 4 atom stereocenters. The van der Waals surface area contributed by atoms with Gasteiger partial charge in [0.1, 0.15) is 30.6 Å². The lowest BCUT2D eigenvalue weighted by Gasteiger charge is -2.25. The monoisotopic (exact) mass is 247 g/mol. The van der Waals surface area contributed by atoms with Gasteiger partial charge in [-0.25, -0.2) is 0 Å². The van der Waals surface area contributed by atoms with Gasteiger partial charge in [-0.15, -0.1) is 0 Å². The quantitative estimate of drug-likeness (QED) is 0.246. The number of amides is 1. The van der Waals surface area contributed by atoms with Crippen molar-refractivity contribution in [2.45, 2.75) is 31.3 Å². The summed E-state index contributed by atoms with van der Waals surface area (Å²) in [6.45, 7) is 0.822. The van der Waals surface area contributed by atoms with Crippen molar-refractivity contribution >= 4 is 12.2 Å². The number of aliphatic hydroxyl groups is 4. The lowest BCUT2D eigenvalue weighted by atomic mass is 10.0. The molecule has 17 heavy (non-hydrogen) atoms.